The van der Waals surface area contributed by atoms with Crippen LogP contribution in [-0.4, -0.2) is 85.8 Å². The molecule has 1 N–H and O–H groups in total. The fraction of sp³-hybridized carbons (Fsp3) is 0.800. The van der Waals surface area contributed by atoms with Crippen molar-refractivity contribution in [2.45, 2.75) is 12.1 Å². The predicted octanol–water partition coefficient (Wildman–Crippen LogP) is -0.657. The molecule has 0 aromatic heterocycles. The van der Waals surface area contributed by atoms with Gasteiger partial charge in [0, 0.05) is 0 Å². The molecule has 0 aromatic rings. The first kappa shape index (κ1) is 14.5. The first-order valence-electron chi connectivity index (χ1n) is 5.47. The SMILES string of the molecule is COC(=O)N1CC(O)C(N(C)C)CN1C(=O)OC. The Balaban J connectivity index is 2.91. The van der Waals surface area contributed by atoms with Crippen LogP contribution in [0.15, 0.2) is 0 Å². The molecule has 104 valence electrons. The topological polar surface area (TPSA) is 82.5 Å². The number of hydrogen-bond donors (Lipinski definition) is 1. The average molecular weight is 261 g/mol. The number of ether oxygens (including phenoxy) is 2. The first-order chi connectivity index (χ1) is 8.42. The second-order valence-corrected chi connectivity index (χ2v) is 4.20. The highest BCUT2D eigenvalue weighted by atomic mass is 16.6. The highest BCUT2D eigenvalue weighted by molar-refractivity contribution is 5.74. The Kier molecular flexibility index (Phi) is 4.74. The molecule has 1 rings (SSSR count). The molecule has 2 unspecified atom stereocenters. The number of rotatable bonds is 1. The van der Waals surface area contributed by atoms with Crippen LogP contribution in [0.2, 0.25) is 0 Å². The summed E-state index contributed by atoms with van der Waals surface area (Å²) >= 11 is 0. The number of carbonyl (C=O) groups excluding carboxylic acids is 2. The molecular weight excluding hydrogens is 242 g/mol. The quantitative estimate of drug-likeness (QED) is 0.675. The number of amides is 2. The summed E-state index contributed by atoms with van der Waals surface area (Å²) in [6.07, 6.45) is -2.14. The molecule has 0 spiro atoms. The Labute approximate surface area is 106 Å². The van der Waals surface area contributed by atoms with Crippen LogP contribution in [0.3, 0.4) is 0 Å². The van der Waals surface area contributed by atoms with Gasteiger partial charge in [-0.1, -0.05) is 0 Å². The van der Waals surface area contributed by atoms with Gasteiger partial charge in [-0.3, -0.25) is 0 Å². The van der Waals surface area contributed by atoms with Crippen LogP contribution in [0, 0.1) is 0 Å². The van der Waals surface area contributed by atoms with Crippen LogP contribution in [-0.2, 0) is 9.47 Å². The van der Waals surface area contributed by atoms with Crippen molar-refractivity contribution in [3.63, 3.8) is 0 Å². The minimum atomic E-state index is -0.764. The van der Waals surface area contributed by atoms with E-state index >= 15 is 0 Å². The monoisotopic (exact) mass is 261 g/mol. The summed E-state index contributed by atoms with van der Waals surface area (Å²) in [5.41, 5.74) is 0. The molecule has 0 bridgehead atoms. The normalized spacial score (nSPS) is 24.1. The number of aliphatic hydroxyl groups excluding tert-OH is 1. The Bertz CT molecular complexity index is 323. The zero-order valence-electron chi connectivity index (χ0n) is 11.0. The van der Waals surface area contributed by atoms with Crippen LogP contribution < -0.4 is 0 Å². The molecule has 8 heteroatoms. The molecule has 1 heterocycles. The van der Waals surface area contributed by atoms with Gasteiger partial charge >= 0.3 is 12.2 Å². The summed E-state index contributed by atoms with van der Waals surface area (Å²) in [6.45, 7) is 0.126. The van der Waals surface area contributed by atoms with Gasteiger partial charge in [-0.25, -0.2) is 19.6 Å². The van der Waals surface area contributed by atoms with E-state index in [1.165, 1.54) is 14.2 Å². The van der Waals surface area contributed by atoms with Crippen molar-refractivity contribution in [3.8, 4) is 0 Å². The maximum Gasteiger partial charge on any atom is 0.428 e. The highest BCUT2D eigenvalue weighted by Gasteiger charge is 2.40. The molecule has 1 aliphatic heterocycles. The van der Waals surface area contributed by atoms with Gasteiger partial charge in [-0.15, -0.1) is 0 Å². The number of aliphatic hydroxyl groups is 1. The summed E-state index contributed by atoms with van der Waals surface area (Å²) in [6, 6.07) is -0.273. The van der Waals surface area contributed by atoms with E-state index in [0.29, 0.717) is 0 Å². The molecule has 18 heavy (non-hydrogen) atoms. The second kappa shape index (κ2) is 5.87. The lowest BCUT2D eigenvalue weighted by atomic mass is 10.1. The third-order valence-electron chi connectivity index (χ3n) is 2.89. The largest absolute Gasteiger partial charge is 0.452 e. The van der Waals surface area contributed by atoms with Gasteiger partial charge < -0.3 is 19.5 Å². The Morgan fingerprint density at radius 2 is 1.56 bits per heavy atom. The first-order valence-corrected chi connectivity index (χ1v) is 5.47. The Morgan fingerprint density at radius 1 is 1.11 bits per heavy atom. The molecule has 0 radical (unpaired) electrons. The fourth-order valence-corrected chi connectivity index (χ4v) is 1.86. The van der Waals surface area contributed by atoms with Crippen LogP contribution >= 0.6 is 0 Å². The molecule has 2 amide bonds. The van der Waals surface area contributed by atoms with E-state index < -0.39 is 18.3 Å². The lowest BCUT2D eigenvalue weighted by Gasteiger charge is -2.44. The Morgan fingerprint density at radius 3 is 1.94 bits per heavy atom. The van der Waals surface area contributed by atoms with E-state index in [1.54, 1.807) is 19.0 Å². The summed E-state index contributed by atoms with van der Waals surface area (Å²) < 4.78 is 9.19. The van der Waals surface area contributed by atoms with Crippen molar-refractivity contribution in [1.82, 2.24) is 14.9 Å². The van der Waals surface area contributed by atoms with Crippen molar-refractivity contribution in [3.05, 3.63) is 0 Å². The van der Waals surface area contributed by atoms with Crippen molar-refractivity contribution in [2.75, 3.05) is 41.4 Å². The Hall–Kier alpha value is -1.54. The molecule has 8 nitrogen and oxygen atoms in total. The molecule has 1 saturated heterocycles. The van der Waals surface area contributed by atoms with E-state index in [2.05, 4.69) is 9.47 Å². The van der Waals surface area contributed by atoms with E-state index in [-0.39, 0.29) is 19.1 Å². The zero-order chi connectivity index (χ0) is 13.9. The summed E-state index contributed by atoms with van der Waals surface area (Å²) in [4.78, 5) is 25.0. The third-order valence-corrected chi connectivity index (χ3v) is 2.89. The summed E-state index contributed by atoms with van der Waals surface area (Å²) in [5.74, 6) is 0. The second-order valence-electron chi connectivity index (χ2n) is 4.20. The van der Waals surface area contributed by atoms with Crippen LogP contribution in [0.4, 0.5) is 9.59 Å². The van der Waals surface area contributed by atoms with Gasteiger partial charge in [0.25, 0.3) is 0 Å². The molecular formula is C10H19N3O5. The molecule has 0 saturated carbocycles. The van der Waals surface area contributed by atoms with Crippen molar-refractivity contribution in [2.24, 2.45) is 0 Å². The maximum absolute atomic E-state index is 11.6. The van der Waals surface area contributed by atoms with E-state index in [0.717, 1.165) is 10.0 Å². The average Bonchev–Trinajstić information content (AvgIpc) is 2.36. The molecule has 1 fully saturated rings. The van der Waals surface area contributed by atoms with E-state index in [4.69, 9.17) is 0 Å². The number of carbonyl (C=O) groups is 2. The summed E-state index contributed by atoms with van der Waals surface area (Å²) in [5, 5.41) is 12.1. The van der Waals surface area contributed by atoms with E-state index in [1.807, 2.05) is 0 Å². The number of likely N-dealkylation sites (N-methyl/N-ethyl adjacent to an activating group) is 1. The molecule has 0 aromatic carbocycles. The van der Waals surface area contributed by atoms with Gasteiger partial charge in [0.1, 0.15) is 0 Å². The van der Waals surface area contributed by atoms with Crippen LogP contribution in [0.1, 0.15) is 0 Å². The van der Waals surface area contributed by atoms with Crippen molar-refractivity contribution < 1.29 is 24.2 Å². The van der Waals surface area contributed by atoms with Gasteiger partial charge in [0.05, 0.1) is 39.5 Å². The standard InChI is InChI=1S/C10H19N3O5/c1-11(2)7-5-12(9(15)17-3)13(6-8(7)14)10(16)18-4/h7-8,14H,5-6H2,1-4H3. The lowest BCUT2D eigenvalue weighted by molar-refractivity contribution is -0.0956. The highest BCUT2D eigenvalue weighted by Crippen LogP contribution is 2.17. The van der Waals surface area contributed by atoms with Gasteiger partial charge in [0.15, 0.2) is 0 Å². The van der Waals surface area contributed by atoms with Gasteiger partial charge in [-0.05, 0) is 14.1 Å². The molecule has 1 aliphatic rings. The third kappa shape index (κ3) is 2.82. The molecule has 2 atom stereocenters. The van der Waals surface area contributed by atoms with E-state index in [9.17, 15) is 14.7 Å². The zero-order valence-corrected chi connectivity index (χ0v) is 11.0. The predicted molar refractivity (Wildman–Crippen MR) is 61.7 cm³/mol. The van der Waals surface area contributed by atoms with Crippen molar-refractivity contribution in [1.29, 1.82) is 0 Å². The smallest absolute Gasteiger partial charge is 0.428 e. The maximum atomic E-state index is 11.6. The fourth-order valence-electron chi connectivity index (χ4n) is 1.86. The lowest BCUT2D eigenvalue weighted by Crippen LogP contribution is -2.65. The van der Waals surface area contributed by atoms with Crippen molar-refractivity contribution >= 4 is 12.2 Å². The van der Waals surface area contributed by atoms with Crippen LogP contribution in [0.5, 0.6) is 0 Å². The number of nitrogens with zero attached hydrogens (tertiary/aromatic N) is 3. The van der Waals surface area contributed by atoms with Gasteiger partial charge in [0.2, 0.25) is 0 Å². The minimum Gasteiger partial charge on any atom is -0.452 e. The summed E-state index contributed by atoms with van der Waals surface area (Å²) in [7, 11) is 6.02. The number of hydrazine groups is 1. The number of methoxy groups -OCH3 is 2. The number of hydrogen-bond acceptors (Lipinski definition) is 6. The minimum absolute atomic E-state index is 0.0232. The molecule has 0 aliphatic carbocycles. The van der Waals surface area contributed by atoms with Crippen LogP contribution in [0.25, 0.3) is 0 Å². The van der Waals surface area contributed by atoms with Gasteiger partial charge in [-0.2, -0.15) is 0 Å². The number of β-amino-alcohol motifs (C(OH)–C–C–N with tert-alkyl or cyclic N) is 1.